The molecule has 82 valence electrons. The van der Waals surface area contributed by atoms with E-state index in [0.717, 1.165) is 30.8 Å². The maximum Gasteiger partial charge on any atom is 0.275 e. The van der Waals surface area contributed by atoms with Gasteiger partial charge in [-0.15, -0.1) is 0 Å². The van der Waals surface area contributed by atoms with Crippen molar-refractivity contribution in [3.63, 3.8) is 0 Å². The molecule has 0 radical (unpaired) electrons. The highest BCUT2D eigenvalue weighted by Crippen LogP contribution is 2.27. The van der Waals surface area contributed by atoms with Crippen molar-refractivity contribution in [3.8, 4) is 5.19 Å². The number of halogens is 1. The van der Waals surface area contributed by atoms with Crippen molar-refractivity contribution in [2.75, 3.05) is 13.2 Å². The van der Waals surface area contributed by atoms with E-state index in [1.807, 2.05) is 0 Å². The van der Waals surface area contributed by atoms with Crippen LogP contribution in [0.25, 0.3) is 0 Å². The Labute approximate surface area is 96.2 Å². The van der Waals surface area contributed by atoms with Gasteiger partial charge in [0, 0.05) is 6.61 Å². The second-order valence-electron chi connectivity index (χ2n) is 3.20. The second-order valence-corrected chi connectivity index (χ2v) is 4.55. The fraction of sp³-hybridized carbons (Fsp3) is 0.556. The van der Waals surface area contributed by atoms with E-state index in [4.69, 9.17) is 21.1 Å². The molecule has 0 saturated carbocycles. The van der Waals surface area contributed by atoms with E-state index >= 15 is 0 Å². The lowest BCUT2D eigenvalue weighted by Crippen LogP contribution is -2.16. The molecule has 6 heteroatoms. The zero-order valence-electron chi connectivity index (χ0n) is 7.94. The number of hydrogen-bond donors (Lipinski definition) is 0. The highest BCUT2D eigenvalue weighted by Gasteiger charge is 2.17. The minimum Gasteiger partial charge on any atom is -0.467 e. The Hall–Kier alpha value is -0.650. The van der Waals surface area contributed by atoms with Crippen LogP contribution in [0.3, 0.4) is 0 Å². The number of carbonyl (C=O) groups is 1. The maximum atomic E-state index is 10.5. The quantitative estimate of drug-likeness (QED) is 0.765. The van der Waals surface area contributed by atoms with Crippen molar-refractivity contribution in [1.29, 1.82) is 0 Å². The maximum absolute atomic E-state index is 10.5. The van der Waals surface area contributed by atoms with Gasteiger partial charge in [-0.1, -0.05) is 22.9 Å². The molecule has 2 rings (SSSR count). The summed E-state index contributed by atoms with van der Waals surface area (Å²) in [5, 5.41) is 0.634. The fourth-order valence-electron chi connectivity index (χ4n) is 1.37. The summed E-state index contributed by atoms with van der Waals surface area (Å²) >= 11 is 6.85. The summed E-state index contributed by atoms with van der Waals surface area (Å²) in [5.41, 5.74) is 0. The third kappa shape index (κ3) is 2.68. The molecule has 0 N–H and O–H groups in total. The third-order valence-electron chi connectivity index (χ3n) is 2.11. The summed E-state index contributed by atoms with van der Waals surface area (Å²) in [5.74, 6) is 0. The van der Waals surface area contributed by atoms with Crippen molar-refractivity contribution in [1.82, 2.24) is 4.98 Å². The van der Waals surface area contributed by atoms with E-state index in [9.17, 15) is 4.79 Å². The van der Waals surface area contributed by atoms with E-state index in [-0.39, 0.29) is 11.3 Å². The summed E-state index contributed by atoms with van der Waals surface area (Å²) in [6.07, 6.45) is 2.91. The highest BCUT2D eigenvalue weighted by atomic mass is 35.5. The molecule has 1 atom stereocenters. The zero-order chi connectivity index (χ0) is 10.7. The number of hydrogen-bond acceptors (Lipinski definition) is 5. The molecule has 1 fully saturated rings. The Morgan fingerprint density at radius 2 is 2.60 bits per heavy atom. The Morgan fingerprint density at radius 1 is 1.73 bits per heavy atom. The average Bonchev–Trinajstić information content (AvgIpc) is 2.83. The molecule has 0 aliphatic carbocycles. The number of carbonyl (C=O) groups excluding carboxylic acids is 1. The van der Waals surface area contributed by atoms with Crippen molar-refractivity contribution in [3.05, 3.63) is 10.0 Å². The van der Waals surface area contributed by atoms with Gasteiger partial charge in [0.25, 0.3) is 5.19 Å². The number of aromatic nitrogens is 1. The monoisotopic (exact) mass is 247 g/mol. The molecule has 1 aromatic heterocycles. The molecular weight excluding hydrogens is 238 g/mol. The van der Waals surface area contributed by atoms with Gasteiger partial charge in [-0.05, 0) is 12.8 Å². The van der Waals surface area contributed by atoms with Crippen LogP contribution in [0.15, 0.2) is 0 Å². The van der Waals surface area contributed by atoms with Crippen LogP contribution < -0.4 is 4.74 Å². The largest absolute Gasteiger partial charge is 0.467 e. The van der Waals surface area contributed by atoms with Crippen molar-refractivity contribution < 1.29 is 14.3 Å². The third-order valence-corrected chi connectivity index (χ3v) is 3.41. The molecule has 0 aromatic carbocycles. The molecule has 1 unspecified atom stereocenters. The number of ether oxygens (including phenoxy) is 2. The van der Waals surface area contributed by atoms with Crippen molar-refractivity contribution in [2.24, 2.45) is 0 Å². The lowest BCUT2D eigenvalue weighted by Gasteiger charge is -2.08. The summed E-state index contributed by atoms with van der Waals surface area (Å²) < 4.78 is 10.8. The lowest BCUT2D eigenvalue weighted by molar-refractivity contribution is 0.0678. The first-order valence-corrected chi connectivity index (χ1v) is 5.85. The van der Waals surface area contributed by atoms with Gasteiger partial charge in [-0.3, -0.25) is 4.79 Å². The molecule has 0 bridgehead atoms. The number of rotatable bonds is 4. The van der Waals surface area contributed by atoms with Crippen molar-refractivity contribution in [2.45, 2.75) is 18.9 Å². The van der Waals surface area contributed by atoms with E-state index in [2.05, 4.69) is 4.98 Å². The summed E-state index contributed by atoms with van der Waals surface area (Å²) in [7, 11) is 0. The molecule has 1 aromatic rings. The Kier molecular flexibility index (Phi) is 3.56. The standard InChI is InChI=1S/C9H10ClNO3S/c10-8-7(4-12)15-9(11-8)14-5-6-2-1-3-13-6/h4,6H,1-3,5H2. The minimum atomic E-state index is 0.146. The Balaban J connectivity index is 1.89. The second kappa shape index (κ2) is 4.92. The summed E-state index contributed by atoms with van der Waals surface area (Å²) in [4.78, 5) is 14.8. The summed E-state index contributed by atoms with van der Waals surface area (Å²) in [6, 6.07) is 0. The van der Waals surface area contributed by atoms with E-state index in [1.54, 1.807) is 0 Å². The molecule has 15 heavy (non-hydrogen) atoms. The predicted molar refractivity (Wildman–Crippen MR) is 57.0 cm³/mol. The first kappa shape index (κ1) is 10.9. The average molecular weight is 248 g/mol. The lowest BCUT2D eigenvalue weighted by atomic mass is 10.2. The molecule has 1 saturated heterocycles. The van der Waals surface area contributed by atoms with E-state index in [1.165, 1.54) is 0 Å². The van der Waals surface area contributed by atoms with E-state index < -0.39 is 0 Å². The van der Waals surface area contributed by atoms with Gasteiger partial charge < -0.3 is 9.47 Å². The van der Waals surface area contributed by atoms with Gasteiger partial charge in [0.15, 0.2) is 11.4 Å². The van der Waals surface area contributed by atoms with Crippen LogP contribution >= 0.6 is 22.9 Å². The molecule has 0 amide bonds. The first-order chi connectivity index (χ1) is 7.29. The van der Waals surface area contributed by atoms with Gasteiger partial charge >= 0.3 is 0 Å². The summed E-state index contributed by atoms with van der Waals surface area (Å²) in [6.45, 7) is 1.27. The molecule has 1 aliphatic heterocycles. The SMILES string of the molecule is O=Cc1sc(OCC2CCCO2)nc1Cl. The van der Waals surface area contributed by atoms with Crippen LogP contribution in [0.1, 0.15) is 22.5 Å². The number of nitrogens with zero attached hydrogens (tertiary/aromatic N) is 1. The van der Waals surface area contributed by atoms with Crippen LogP contribution in [-0.2, 0) is 4.74 Å². The normalized spacial score (nSPS) is 20.5. The fourth-order valence-corrected chi connectivity index (χ4v) is 2.29. The van der Waals surface area contributed by atoms with Gasteiger partial charge in [-0.2, -0.15) is 4.98 Å². The Morgan fingerprint density at radius 3 is 3.20 bits per heavy atom. The number of aldehydes is 1. The van der Waals surface area contributed by atoms with E-state index in [0.29, 0.717) is 23.0 Å². The van der Waals surface area contributed by atoms with Gasteiger partial charge in [0.05, 0.1) is 6.10 Å². The molecule has 0 spiro atoms. The molecular formula is C9H10ClNO3S. The Bertz CT molecular complexity index is 349. The smallest absolute Gasteiger partial charge is 0.275 e. The molecule has 1 aliphatic rings. The van der Waals surface area contributed by atoms with Gasteiger partial charge in [0.2, 0.25) is 0 Å². The minimum absolute atomic E-state index is 0.146. The van der Waals surface area contributed by atoms with Crippen LogP contribution in [-0.4, -0.2) is 30.6 Å². The first-order valence-electron chi connectivity index (χ1n) is 4.65. The van der Waals surface area contributed by atoms with Crippen LogP contribution in [0.2, 0.25) is 5.15 Å². The van der Waals surface area contributed by atoms with Crippen LogP contribution in [0.4, 0.5) is 0 Å². The van der Waals surface area contributed by atoms with Crippen LogP contribution in [0.5, 0.6) is 5.19 Å². The predicted octanol–water partition coefficient (Wildman–Crippen LogP) is 2.17. The van der Waals surface area contributed by atoms with Crippen molar-refractivity contribution >= 4 is 29.2 Å². The van der Waals surface area contributed by atoms with Crippen LogP contribution in [0, 0.1) is 0 Å². The zero-order valence-corrected chi connectivity index (χ0v) is 9.51. The topological polar surface area (TPSA) is 48.4 Å². The molecule has 2 heterocycles. The highest BCUT2D eigenvalue weighted by molar-refractivity contribution is 7.15. The van der Waals surface area contributed by atoms with Gasteiger partial charge in [-0.25, -0.2) is 0 Å². The number of thiazole rings is 1. The molecule has 4 nitrogen and oxygen atoms in total. The van der Waals surface area contributed by atoms with Gasteiger partial charge in [0.1, 0.15) is 11.5 Å².